The lowest BCUT2D eigenvalue weighted by atomic mass is 10.1. The molecule has 0 saturated heterocycles. The van der Waals surface area contributed by atoms with Crippen molar-refractivity contribution >= 4 is 11.3 Å². The smallest absolute Gasteiger partial charge is 0.0794 e. The number of hydrogen-bond acceptors (Lipinski definition) is 3. The minimum absolute atomic E-state index is 0.766. The highest BCUT2D eigenvalue weighted by Crippen LogP contribution is 2.12. The molecule has 13 heavy (non-hydrogen) atoms. The molecule has 2 nitrogen and oxygen atoms in total. The number of aromatic nitrogens is 1. The number of thiazole rings is 1. The Morgan fingerprint density at radius 3 is 3.08 bits per heavy atom. The second-order valence-electron chi connectivity index (χ2n) is 3.42. The summed E-state index contributed by atoms with van der Waals surface area (Å²) in [5, 5.41) is 3.37. The molecule has 0 fully saturated rings. The van der Waals surface area contributed by atoms with Crippen LogP contribution in [0.5, 0.6) is 0 Å². The summed E-state index contributed by atoms with van der Waals surface area (Å²) in [5.74, 6) is 0.766. The number of aryl methyl sites for hydroxylation is 1. The molecule has 0 saturated carbocycles. The highest BCUT2D eigenvalue weighted by atomic mass is 32.1. The van der Waals surface area contributed by atoms with Crippen molar-refractivity contribution in [2.24, 2.45) is 5.92 Å². The molecule has 0 aliphatic heterocycles. The molecular weight excluding hydrogens is 180 g/mol. The Morgan fingerprint density at radius 1 is 1.62 bits per heavy atom. The highest BCUT2D eigenvalue weighted by molar-refractivity contribution is 7.09. The fourth-order valence-corrected chi connectivity index (χ4v) is 1.86. The Kier molecular flexibility index (Phi) is 5.01. The third-order valence-corrected chi connectivity index (χ3v) is 2.95. The zero-order valence-electron chi connectivity index (χ0n) is 8.42. The molecule has 1 heterocycles. The number of hydrogen-bond donors (Lipinski definition) is 1. The molecule has 0 aromatic carbocycles. The third-order valence-electron chi connectivity index (χ3n) is 2.11. The lowest BCUT2D eigenvalue weighted by Gasteiger charge is -2.10. The first-order chi connectivity index (χ1) is 6.33. The van der Waals surface area contributed by atoms with Crippen molar-refractivity contribution in [1.82, 2.24) is 10.3 Å². The number of rotatable bonds is 6. The Hall–Kier alpha value is -0.410. The van der Waals surface area contributed by atoms with Crippen molar-refractivity contribution in [2.45, 2.75) is 26.7 Å². The average molecular weight is 198 g/mol. The van der Waals surface area contributed by atoms with E-state index in [1.54, 1.807) is 11.3 Å². The van der Waals surface area contributed by atoms with Gasteiger partial charge in [0.05, 0.1) is 5.51 Å². The van der Waals surface area contributed by atoms with E-state index in [0.29, 0.717) is 0 Å². The van der Waals surface area contributed by atoms with Crippen LogP contribution >= 0.6 is 11.3 Å². The zero-order chi connectivity index (χ0) is 9.52. The monoisotopic (exact) mass is 198 g/mol. The molecule has 1 aromatic rings. The van der Waals surface area contributed by atoms with Gasteiger partial charge in [-0.15, -0.1) is 11.3 Å². The van der Waals surface area contributed by atoms with Gasteiger partial charge in [0.15, 0.2) is 0 Å². The SMILES string of the molecule is CCNCC(C)CCc1cncs1. The average Bonchev–Trinajstić information content (AvgIpc) is 2.64. The van der Waals surface area contributed by atoms with Gasteiger partial charge >= 0.3 is 0 Å². The number of nitrogens with zero attached hydrogens (tertiary/aromatic N) is 1. The van der Waals surface area contributed by atoms with Gasteiger partial charge in [-0.25, -0.2) is 0 Å². The highest BCUT2D eigenvalue weighted by Gasteiger charge is 2.02. The van der Waals surface area contributed by atoms with Gasteiger partial charge in [0.25, 0.3) is 0 Å². The molecule has 0 spiro atoms. The van der Waals surface area contributed by atoms with Gasteiger partial charge in [0.1, 0.15) is 0 Å². The van der Waals surface area contributed by atoms with E-state index in [0.717, 1.165) is 19.0 Å². The largest absolute Gasteiger partial charge is 0.317 e. The van der Waals surface area contributed by atoms with E-state index in [-0.39, 0.29) is 0 Å². The maximum absolute atomic E-state index is 4.07. The summed E-state index contributed by atoms with van der Waals surface area (Å²) < 4.78 is 0. The predicted molar refractivity (Wildman–Crippen MR) is 58.1 cm³/mol. The summed E-state index contributed by atoms with van der Waals surface area (Å²) in [6.45, 7) is 6.65. The van der Waals surface area contributed by atoms with Crippen LogP contribution in [0.25, 0.3) is 0 Å². The van der Waals surface area contributed by atoms with Gasteiger partial charge in [-0.1, -0.05) is 13.8 Å². The molecule has 0 amide bonds. The lowest BCUT2D eigenvalue weighted by molar-refractivity contribution is 0.491. The van der Waals surface area contributed by atoms with E-state index >= 15 is 0 Å². The minimum atomic E-state index is 0.766. The Labute approximate surface area is 84.4 Å². The van der Waals surface area contributed by atoms with Crippen LogP contribution in [0.1, 0.15) is 25.1 Å². The molecule has 74 valence electrons. The molecule has 3 heteroatoms. The minimum Gasteiger partial charge on any atom is -0.317 e. The van der Waals surface area contributed by atoms with Crippen molar-refractivity contribution in [2.75, 3.05) is 13.1 Å². The molecule has 0 aliphatic rings. The van der Waals surface area contributed by atoms with Crippen LogP contribution in [-0.4, -0.2) is 18.1 Å². The summed E-state index contributed by atoms with van der Waals surface area (Å²) in [4.78, 5) is 5.47. The van der Waals surface area contributed by atoms with Gasteiger partial charge < -0.3 is 5.32 Å². The molecule has 1 atom stereocenters. The quantitative estimate of drug-likeness (QED) is 0.759. The van der Waals surface area contributed by atoms with Crippen LogP contribution in [-0.2, 0) is 6.42 Å². The van der Waals surface area contributed by atoms with Crippen molar-refractivity contribution < 1.29 is 0 Å². The summed E-state index contributed by atoms with van der Waals surface area (Å²) in [7, 11) is 0. The Bertz CT molecular complexity index is 209. The molecular formula is C10H18N2S. The van der Waals surface area contributed by atoms with Crippen LogP contribution < -0.4 is 5.32 Å². The molecule has 1 unspecified atom stereocenters. The maximum atomic E-state index is 4.07. The first-order valence-electron chi connectivity index (χ1n) is 4.91. The maximum Gasteiger partial charge on any atom is 0.0794 e. The summed E-state index contributed by atoms with van der Waals surface area (Å²) >= 11 is 1.76. The van der Waals surface area contributed by atoms with Gasteiger partial charge in [-0.05, 0) is 31.8 Å². The molecule has 1 rings (SSSR count). The van der Waals surface area contributed by atoms with Crippen LogP contribution in [0.4, 0.5) is 0 Å². The molecule has 1 N–H and O–H groups in total. The topological polar surface area (TPSA) is 24.9 Å². The predicted octanol–water partition coefficient (Wildman–Crippen LogP) is 2.32. The normalized spacial score (nSPS) is 13.1. The van der Waals surface area contributed by atoms with Crippen LogP contribution in [0.2, 0.25) is 0 Å². The Balaban J connectivity index is 2.11. The molecule has 1 aromatic heterocycles. The van der Waals surface area contributed by atoms with Crippen LogP contribution in [0.15, 0.2) is 11.7 Å². The third kappa shape index (κ3) is 4.39. The summed E-state index contributed by atoms with van der Waals surface area (Å²) in [6.07, 6.45) is 4.41. The van der Waals surface area contributed by atoms with Gasteiger partial charge in [-0.2, -0.15) is 0 Å². The van der Waals surface area contributed by atoms with Gasteiger partial charge in [0, 0.05) is 11.1 Å². The van der Waals surface area contributed by atoms with E-state index in [1.165, 1.54) is 17.7 Å². The van der Waals surface area contributed by atoms with E-state index in [2.05, 4.69) is 24.1 Å². The van der Waals surface area contributed by atoms with E-state index in [4.69, 9.17) is 0 Å². The number of nitrogens with one attached hydrogen (secondary N) is 1. The fourth-order valence-electron chi connectivity index (χ4n) is 1.25. The first-order valence-corrected chi connectivity index (χ1v) is 5.79. The summed E-state index contributed by atoms with van der Waals surface area (Å²) in [6, 6.07) is 0. The van der Waals surface area contributed by atoms with Crippen molar-refractivity contribution in [1.29, 1.82) is 0 Å². The van der Waals surface area contributed by atoms with E-state index in [9.17, 15) is 0 Å². The molecule has 0 radical (unpaired) electrons. The first kappa shape index (κ1) is 10.7. The van der Waals surface area contributed by atoms with Crippen LogP contribution in [0.3, 0.4) is 0 Å². The van der Waals surface area contributed by atoms with Gasteiger partial charge in [0.2, 0.25) is 0 Å². The Morgan fingerprint density at radius 2 is 2.46 bits per heavy atom. The second-order valence-corrected chi connectivity index (χ2v) is 4.39. The van der Waals surface area contributed by atoms with E-state index in [1.807, 2.05) is 11.7 Å². The standard InChI is InChI=1S/C10H18N2S/c1-3-11-6-9(2)4-5-10-7-12-8-13-10/h7-9,11H,3-6H2,1-2H3. The molecule has 0 aliphatic carbocycles. The fraction of sp³-hybridized carbons (Fsp3) is 0.700. The summed E-state index contributed by atoms with van der Waals surface area (Å²) in [5.41, 5.74) is 1.91. The second kappa shape index (κ2) is 6.11. The lowest BCUT2D eigenvalue weighted by Crippen LogP contribution is -2.20. The molecule has 0 bridgehead atoms. The van der Waals surface area contributed by atoms with E-state index < -0.39 is 0 Å². The van der Waals surface area contributed by atoms with Crippen molar-refractivity contribution in [3.8, 4) is 0 Å². The zero-order valence-corrected chi connectivity index (χ0v) is 9.23. The van der Waals surface area contributed by atoms with Crippen LogP contribution in [0, 0.1) is 5.92 Å². The van der Waals surface area contributed by atoms with Gasteiger partial charge in [-0.3, -0.25) is 4.98 Å². The van der Waals surface area contributed by atoms with Crippen molar-refractivity contribution in [3.63, 3.8) is 0 Å². The van der Waals surface area contributed by atoms with Crippen molar-refractivity contribution in [3.05, 3.63) is 16.6 Å².